The first-order valence-electron chi connectivity index (χ1n) is 8.29. The second-order valence-electron chi connectivity index (χ2n) is 6.22. The third-order valence-electron chi connectivity index (χ3n) is 4.34. The summed E-state index contributed by atoms with van der Waals surface area (Å²) in [6.07, 6.45) is 14.4. The van der Waals surface area contributed by atoms with Crippen LogP contribution in [0.2, 0.25) is 0 Å². The molecule has 18 heavy (non-hydrogen) atoms. The molecule has 0 radical (unpaired) electrons. The molecule has 0 aromatic rings. The predicted octanol–water partition coefficient (Wildman–Crippen LogP) is 5.65. The predicted molar refractivity (Wildman–Crippen MR) is 88.2 cm³/mol. The zero-order valence-electron chi connectivity index (χ0n) is 13.4. The first-order chi connectivity index (χ1) is 8.54. The summed E-state index contributed by atoms with van der Waals surface area (Å²) in [4.78, 5) is 11.6. The van der Waals surface area contributed by atoms with E-state index in [4.69, 9.17) is 0 Å². The van der Waals surface area contributed by atoms with Crippen LogP contribution in [-0.4, -0.2) is 29.5 Å². The Kier molecular flexibility index (Phi) is 9.52. The van der Waals surface area contributed by atoms with Crippen LogP contribution in [0.4, 0.5) is 0 Å². The van der Waals surface area contributed by atoms with Crippen LogP contribution < -0.4 is 0 Å². The van der Waals surface area contributed by atoms with Crippen molar-refractivity contribution in [3.05, 3.63) is 0 Å². The summed E-state index contributed by atoms with van der Waals surface area (Å²) in [5, 5.41) is 0. The number of rotatable bonds is 12. The van der Waals surface area contributed by atoms with Crippen molar-refractivity contribution in [3.63, 3.8) is 0 Å². The molecule has 0 heterocycles. The summed E-state index contributed by atoms with van der Waals surface area (Å²) in [5.74, 6) is 0. The Balaban J connectivity index is 4.82. The molecule has 0 saturated heterocycles. The van der Waals surface area contributed by atoms with Crippen LogP contribution in [0.25, 0.3) is 0 Å². The molecule has 112 valence electrons. The topological polar surface area (TPSA) is 20.2 Å². The van der Waals surface area contributed by atoms with E-state index < -0.39 is 6.83 Å². The third-order valence-corrected chi connectivity index (χ3v) is 10.2. The maximum absolute atomic E-state index is 11.6. The molecule has 0 amide bonds. The van der Waals surface area contributed by atoms with Gasteiger partial charge < -0.3 is 0 Å². The van der Waals surface area contributed by atoms with Crippen molar-refractivity contribution in [1.82, 2.24) is 0 Å². The minimum atomic E-state index is -2.36. The molecular weight excluding hydrogens is 239 g/mol. The van der Waals surface area contributed by atoms with Crippen molar-refractivity contribution in [1.29, 1.82) is 0 Å². The van der Waals surface area contributed by atoms with Crippen molar-refractivity contribution < 1.29 is 4.89 Å². The summed E-state index contributed by atoms with van der Waals surface area (Å²) >= 11 is 0. The van der Waals surface area contributed by atoms with Crippen LogP contribution in [0.5, 0.6) is 0 Å². The van der Waals surface area contributed by atoms with Crippen molar-refractivity contribution in [3.8, 4) is 0 Å². The zero-order chi connectivity index (χ0) is 13.9. The average molecular weight is 276 g/mol. The van der Waals surface area contributed by atoms with E-state index in [2.05, 4.69) is 27.7 Å². The molecule has 1 nitrogen and oxygen atoms in total. The normalized spacial score (nSPS) is 14.4. The molecule has 0 unspecified atom stereocenters. The first kappa shape index (κ1) is 18.4. The van der Waals surface area contributed by atoms with Gasteiger partial charge in [-0.1, -0.05) is 0 Å². The van der Waals surface area contributed by atoms with Gasteiger partial charge in [0.2, 0.25) is 0 Å². The van der Waals surface area contributed by atoms with E-state index >= 15 is 0 Å². The SMILES string of the molecule is CCCCP(O)(CCCC)(CCCC)CCCC. The fraction of sp³-hybridized carbons (Fsp3) is 1.00. The summed E-state index contributed by atoms with van der Waals surface area (Å²) in [6.45, 7) is 6.64. The zero-order valence-corrected chi connectivity index (χ0v) is 14.3. The Bertz CT molecular complexity index is 160. The third kappa shape index (κ3) is 6.53. The molecule has 0 rings (SSSR count). The van der Waals surface area contributed by atoms with E-state index in [0.717, 1.165) is 24.6 Å². The molecule has 0 bridgehead atoms. The van der Waals surface area contributed by atoms with Crippen molar-refractivity contribution in [2.24, 2.45) is 0 Å². The number of hydrogen-bond acceptors (Lipinski definition) is 1. The van der Waals surface area contributed by atoms with Gasteiger partial charge in [0.25, 0.3) is 0 Å². The molecule has 0 saturated carbocycles. The van der Waals surface area contributed by atoms with E-state index in [9.17, 15) is 4.89 Å². The quantitative estimate of drug-likeness (QED) is 0.457. The van der Waals surface area contributed by atoms with Crippen LogP contribution in [0, 0.1) is 0 Å². The van der Waals surface area contributed by atoms with E-state index in [-0.39, 0.29) is 0 Å². The number of hydrogen-bond donors (Lipinski definition) is 1. The van der Waals surface area contributed by atoms with Gasteiger partial charge in [-0.25, -0.2) is 0 Å². The fourth-order valence-corrected chi connectivity index (χ4v) is 8.78. The Morgan fingerprint density at radius 2 is 0.778 bits per heavy atom. The number of unbranched alkanes of at least 4 members (excludes halogenated alkanes) is 4. The Morgan fingerprint density at radius 1 is 0.556 bits per heavy atom. The van der Waals surface area contributed by atoms with Gasteiger partial charge in [0.15, 0.2) is 0 Å². The Morgan fingerprint density at radius 3 is 0.944 bits per heavy atom. The van der Waals surface area contributed by atoms with Crippen LogP contribution in [0.15, 0.2) is 0 Å². The summed E-state index contributed by atoms with van der Waals surface area (Å²) < 4.78 is 0. The second-order valence-corrected chi connectivity index (χ2v) is 11.8. The summed E-state index contributed by atoms with van der Waals surface area (Å²) in [6, 6.07) is 0. The van der Waals surface area contributed by atoms with Crippen molar-refractivity contribution >= 4 is 6.83 Å². The molecule has 0 aliphatic carbocycles. The van der Waals surface area contributed by atoms with E-state index in [1.807, 2.05) is 0 Å². The molecule has 2 heteroatoms. The minimum absolute atomic E-state index is 1.14. The van der Waals surface area contributed by atoms with E-state index in [1.165, 1.54) is 51.4 Å². The average Bonchev–Trinajstić information content (AvgIpc) is 2.40. The molecule has 0 fully saturated rings. The summed E-state index contributed by atoms with van der Waals surface area (Å²) in [5.41, 5.74) is 0. The van der Waals surface area contributed by atoms with E-state index in [1.54, 1.807) is 0 Å². The van der Waals surface area contributed by atoms with Crippen LogP contribution in [0.3, 0.4) is 0 Å². The molecule has 0 aromatic carbocycles. The van der Waals surface area contributed by atoms with E-state index in [0.29, 0.717) is 0 Å². The van der Waals surface area contributed by atoms with Gasteiger partial charge in [-0.2, -0.15) is 0 Å². The van der Waals surface area contributed by atoms with Crippen molar-refractivity contribution in [2.75, 3.05) is 24.6 Å². The fourth-order valence-electron chi connectivity index (χ4n) is 2.93. The van der Waals surface area contributed by atoms with Gasteiger partial charge in [-0.3, -0.25) is 0 Å². The molecule has 0 spiro atoms. The van der Waals surface area contributed by atoms with Gasteiger partial charge in [0.05, 0.1) is 0 Å². The van der Waals surface area contributed by atoms with Gasteiger partial charge >= 0.3 is 115 Å². The van der Waals surface area contributed by atoms with Gasteiger partial charge in [0, 0.05) is 0 Å². The second kappa shape index (κ2) is 9.32. The van der Waals surface area contributed by atoms with Crippen molar-refractivity contribution in [2.45, 2.75) is 79.1 Å². The molecule has 0 aliphatic rings. The van der Waals surface area contributed by atoms with Gasteiger partial charge in [-0.05, 0) is 0 Å². The molecule has 0 atom stereocenters. The summed E-state index contributed by atoms with van der Waals surface area (Å²) in [7, 11) is 0. The standard InChI is InChI=1S/C16H37OP/c1-5-9-13-18(17,14-10-6-2,15-11-7-3)16-12-8-4/h17H,5-16H2,1-4H3. The monoisotopic (exact) mass is 276 g/mol. The first-order valence-corrected chi connectivity index (χ1v) is 11.2. The van der Waals surface area contributed by atoms with Crippen LogP contribution >= 0.6 is 6.83 Å². The maximum atomic E-state index is 11.6. The molecule has 1 N–H and O–H groups in total. The molecule has 0 aromatic heterocycles. The molecular formula is C16H37OP. The Labute approximate surface area is 116 Å². The van der Waals surface area contributed by atoms with Crippen LogP contribution in [-0.2, 0) is 0 Å². The Hall–Kier alpha value is 0.390. The van der Waals surface area contributed by atoms with Crippen LogP contribution in [0.1, 0.15) is 79.1 Å². The van der Waals surface area contributed by atoms with Gasteiger partial charge in [0.1, 0.15) is 0 Å². The van der Waals surface area contributed by atoms with Gasteiger partial charge in [-0.15, -0.1) is 0 Å². The molecule has 0 aliphatic heterocycles.